The average Bonchev–Trinajstić information content (AvgIpc) is 3.22. The third-order valence-corrected chi connectivity index (χ3v) is 5.20. The number of nitrogens with one attached hydrogen (secondary N) is 1. The summed E-state index contributed by atoms with van der Waals surface area (Å²) in [5, 5.41) is 11.7. The molecule has 3 rings (SSSR count). The highest BCUT2D eigenvalue weighted by Crippen LogP contribution is 2.23. The number of benzene rings is 1. The van der Waals surface area contributed by atoms with Crippen molar-refractivity contribution < 1.29 is 14.3 Å². The van der Waals surface area contributed by atoms with Gasteiger partial charge in [-0.2, -0.15) is 10.2 Å². The number of anilines is 1. The number of methoxy groups -OCH3 is 1. The highest BCUT2D eigenvalue weighted by atomic mass is 79.9. The standard InChI is InChI=1S/C20H22BrN5O3/c1-5-25-11-16(21)18(24-25)19(27)22-17-12(2)23-26(13(17)3)10-14-8-6-7-9-15(14)20(28)29-4/h6-9,11H,5,10H2,1-4H3,(H,22,27). The van der Waals surface area contributed by atoms with Gasteiger partial charge < -0.3 is 10.1 Å². The molecule has 1 N–H and O–H groups in total. The Labute approximate surface area is 177 Å². The minimum Gasteiger partial charge on any atom is -0.465 e. The van der Waals surface area contributed by atoms with Gasteiger partial charge in [-0.05, 0) is 48.3 Å². The minimum absolute atomic E-state index is 0.314. The number of halogens is 1. The monoisotopic (exact) mass is 459 g/mol. The fraction of sp³-hybridized carbons (Fsp3) is 0.300. The smallest absolute Gasteiger partial charge is 0.338 e. The van der Waals surface area contributed by atoms with Gasteiger partial charge in [0.2, 0.25) is 0 Å². The van der Waals surface area contributed by atoms with Gasteiger partial charge >= 0.3 is 5.97 Å². The van der Waals surface area contributed by atoms with Gasteiger partial charge in [0.25, 0.3) is 5.91 Å². The fourth-order valence-corrected chi connectivity index (χ4v) is 3.54. The number of aromatic nitrogens is 4. The van der Waals surface area contributed by atoms with Gasteiger partial charge in [0.05, 0.1) is 40.8 Å². The van der Waals surface area contributed by atoms with Crippen LogP contribution in [-0.2, 0) is 17.8 Å². The molecule has 0 spiro atoms. The highest BCUT2D eigenvalue weighted by molar-refractivity contribution is 9.10. The van der Waals surface area contributed by atoms with Crippen molar-refractivity contribution in [2.75, 3.05) is 12.4 Å². The van der Waals surface area contributed by atoms with Crippen molar-refractivity contribution in [3.8, 4) is 0 Å². The van der Waals surface area contributed by atoms with Gasteiger partial charge in [0.1, 0.15) is 0 Å². The molecule has 0 atom stereocenters. The predicted molar refractivity (Wildman–Crippen MR) is 112 cm³/mol. The first kappa shape index (κ1) is 20.8. The Morgan fingerprint density at radius 3 is 2.59 bits per heavy atom. The molecule has 0 aliphatic rings. The van der Waals surface area contributed by atoms with Crippen LogP contribution in [0.2, 0.25) is 0 Å². The Kier molecular flexibility index (Phi) is 6.17. The van der Waals surface area contributed by atoms with Crippen LogP contribution < -0.4 is 5.32 Å². The second-order valence-electron chi connectivity index (χ2n) is 6.49. The van der Waals surface area contributed by atoms with Crippen LogP contribution in [0.4, 0.5) is 5.69 Å². The zero-order chi connectivity index (χ0) is 21.1. The average molecular weight is 460 g/mol. The largest absolute Gasteiger partial charge is 0.465 e. The van der Waals surface area contributed by atoms with E-state index in [1.165, 1.54) is 7.11 Å². The second-order valence-corrected chi connectivity index (χ2v) is 7.34. The van der Waals surface area contributed by atoms with Crippen LogP contribution in [-0.4, -0.2) is 38.5 Å². The van der Waals surface area contributed by atoms with E-state index in [9.17, 15) is 9.59 Å². The van der Waals surface area contributed by atoms with E-state index in [0.717, 1.165) is 11.3 Å². The summed E-state index contributed by atoms with van der Waals surface area (Å²) in [5.41, 5.74) is 3.67. The Morgan fingerprint density at radius 2 is 1.93 bits per heavy atom. The molecule has 9 heteroatoms. The van der Waals surface area contributed by atoms with E-state index in [0.29, 0.717) is 40.2 Å². The third kappa shape index (κ3) is 4.24. The normalized spacial score (nSPS) is 10.8. The Morgan fingerprint density at radius 1 is 1.21 bits per heavy atom. The molecule has 0 unspecified atom stereocenters. The first-order valence-electron chi connectivity index (χ1n) is 9.10. The van der Waals surface area contributed by atoms with E-state index in [4.69, 9.17) is 4.74 Å². The molecule has 0 bridgehead atoms. The summed E-state index contributed by atoms with van der Waals surface area (Å²) in [4.78, 5) is 24.7. The molecule has 152 valence electrons. The van der Waals surface area contributed by atoms with Gasteiger partial charge in [0.15, 0.2) is 5.69 Å². The molecular formula is C20H22BrN5O3. The molecule has 1 aromatic carbocycles. The van der Waals surface area contributed by atoms with E-state index < -0.39 is 5.97 Å². The van der Waals surface area contributed by atoms with Crippen molar-refractivity contribution in [1.29, 1.82) is 0 Å². The topological polar surface area (TPSA) is 91.0 Å². The molecule has 0 saturated heterocycles. The summed E-state index contributed by atoms with van der Waals surface area (Å²) in [6.07, 6.45) is 1.77. The molecular weight excluding hydrogens is 438 g/mol. The summed E-state index contributed by atoms with van der Waals surface area (Å²) < 4.78 is 8.93. The molecule has 3 aromatic rings. The van der Waals surface area contributed by atoms with Gasteiger partial charge in [-0.25, -0.2) is 4.79 Å². The maximum atomic E-state index is 12.7. The van der Waals surface area contributed by atoms with Crippen molar-refractivity contribution in [2.45, 2.75) is 33.9 Å². The molecule has 2 aromatic heterocycles. The van der Waals surface area contributed by atoms with Gasteiger partial charge in [-0.3, -0.25) is 14.2 Å². The van der Waals surface area contributed by atoms with Crippen molar-refractivity contribution >= 4 is 33.5 Å². The number of carbonyl (C=O) groups is 2. The number of esters is 1. The fourth-order valence-electron chi connectivity index (χ4n) is 3.05. The van der Waals surface area contributed by atoms with Gasteiger partial charge in [-0.15, -0.1) is 0 Å². The van der Waals surface area contributed by atoms with Gasteiger partial charge in [-0.1, -0.05) is 18.2 Å². The molecule has 8 nitrogen and oxygen atoms in total. The summed E-state index contributed by atoms with van der Waals surface area (Å²) in [5.74, 6) is -0.711. The van der Waals surface area contributed by atoms with E-state index >= 15 is 0 Å². The van der Waals surface area contributed by atoms with E-state index in [2.05, 4.69) is 31.4 Å². The van der Waals surface area contributed by atoms with Crippen LogP contribution >= 0.6 is 15.9 Å². The number of hydrogen-bond donors (Lipinski definition) is 1. The highest BCUT2D eigenvalue weighted by Gasteiger charge is 2.20. The molecule has 0 fully saturated rings. The van der Waals surface area contributed by atoms with Crippen LogP contribution in [0.1, 0.15) is 44.7 Å². The molecule has 0 aliphatic carbocycles. The lowest BCUT2D eigenvalue weighted by Gasteiger charge is -2.10. The lowest BCUT2D eigenvalue weighted by atomic mass is 10.1. The quantitative estimate of drug-likeness (QED) is 0.568. The Bertz CT molecular complexity index is 1070. The van der Waals surface area contributed by atoms with E-state index in [1.807, 2.05) is 32.9 Å². The summed E-state index contributed by atoms with van der Waals surface area (Å²) >= 11 is 3.38. The maximum absolute atomic E-state index is 12.7. The van der Waals surface area contributed by atoms with Crippen LogP contribution in [0.25, 0.3) is 0 Å². The molecule has 29 heavy (non-hydrogen) atoms. The number of hydrogen-bond acceptors (Lipinski definition) is 5. The number of ether oxygens (including phenoxy) is 1. The van der Waals surface area contributed by atoms with Crippen LogP contribution in [0.3, 0.4) is 0 Å². The first-order valence-corrected chi connectivity index (χ1v) is 9.89. The van der Waals surface area contributed by atoms with E-state index in [-0.39, 0.29) is 5.91 Å². The second kappa shape index (κ2) is 8.60. The number of carbonyl (C=O) groups excluding carboxylic acids is 2. The Balaban J connectivity index is 1.87. The summed E-state index contributed by atoms with van der Waals surface area (Å²) in [6, 6.07) is 7.22. The summed E-state index contributed by atoms with van der Waals surface area (Å²) in [7, 11) is 1.36. The molecule has 0 radical (unpaired) electrons. The van der Waals surface area contributed by atoms with Crippen molar-refractivity contribution in [1.82, 2.24) is 19.6 Å². The van der Waals surface area contributed by atoms with Crippen molar-refractivity contribution in [3.63, 3.8) is 0 Å². The first-order chi connectivity index (χ1) is 13.8. The lowest BCUT2D eigenvalue weighted by Crippen LogP contribution is -2.15. The Hall–Kier alpha value is -2.94. The van der Waals surface area contributed by atoms with E-state index in [1.54, 1.807) is 27.7 Å². The predicted octanol–water partition coefficient (Wildman–Crippen LogP) is 3.57. The van der Waals surface area contributed by atoms with Gasteiger partial charge in [0, 0.05) is 12.7 Å². The van der Waals surface area contributed by atoms with Crippen LogP contribution in [0.5, 0.6) is 0 Å². The number of amides is 1. The lowest BCUT2D eigenvalue weighted by molar-refractivity contribution is 0.0599. The molecule has 0 aliphatic heterocycles. The zero-order valence-corrected chi connectivity index (χ0v) is 18.3. The summed E-state index contributed by atoms with van der Waals surface area (Å²) in [6.45, 7) is 6.69. The molecule has 2 heterocycles. The van der Waals surface area contributed by atoms with Crippen molar-refractivity contribution in [3.05, 3.63) is 63.1 Å². The SMILES string of the molecule is CCn1cc(Br)c(C(=O)Nc2c(C)nn(Cc3ccccc3C(=O)OC)c2C)n1. The van der Waals surface area contributed by atoms with Crippen molar-refractivity contribution in [2.24, 2.45) is 0 Å². The molecule has 0 saturated carbocycles. The minimum atomic E-state index is -0.396. The molecule has 1 amide bonds. The van der Waals surface area contributed by atoms with Crippen LogP contribution in [0, 0.1) is 13.8 Å². The van der Waals surface area contributed by atoms with Crippen LogP contribution in [0.15, 0.2) is 34.9 Å². The zero-order valence-electron chi connectivity index (χ0n) is 16.7. The maximum Gasteiger partial charge on any atom is 0.338 e. The number of rotatable bonds is 6. The number of aryl methyl sites for hydroxylation is 2. The number of nitrogens with zero attached hydrogens (tertiary/aromatic N) is 4. The third-order valence-electron chi connectivity index (χ3n) is 4.62.